The highest BCUT2D eigenvalue weighted by atomic mass is 32.2. The van der Waals surface area contributed by atoms with E-state index in [9.17, 15) is 14.4 Å². The van der Waals surface area contributed by atoms with Gasteiger partial charge in [0.1, 0.15) is 17.6 Å². The molecule has 2 aliphatic rings. The van der Waals surface area contributed by atoms with Gasteiger partial charge in [0.05, 0.1) is 18.6 Å². The van der Waals surface area contributed by atoms with E-state index in [1.165, 1.54) is 0 Å². The van der Waals surface area contributed by atoms with Gasteiger partial charge < -0.3 is 15.8 Å². The summed E-state index contributed by atoms with van der Waals surface area (Å²) in [5, 5.41) is 3.34. The normalized spacial score (nSPS) is 16.5. The Hall–Kier alpha value is -3.66. The first kappa shape index (κ1) is 22.5. The van der Waals surface area contributed by atoms with Crippen LogP contribution in [0.4, 0.5) is 5.69 Å². The number of nitrogens with two attached hydrogens (primary N) is 1. The predicted molar refractivity (Wildman–Crippen MR) is 126 cm³/mol. The molecule has 3 N–H and O–H groups in total. The first-order valence-electron chi connectivity index (χ1n) is 10.4. The molecule has 2 heterocycles. The van der Waals surface area contributed by atoms with Crippen LogP contribution in [0.3, 0.4) is 0 Å². The summed E-state index contributed by atoms with van der Waals surface area (Å²) >= 11 is 1.15. The molecule has 170 valence electrons. The van der Waals surface area contributed by atoms with Crippen molar-refractivity contribution in [1.29, 1.82) is 0 Å². The molecule has 0 aliphatic carbocycles. The average Bonchev–Trinajstić information content (AvgIpc) is 3.16. The van der Waals surface area contributed by atoms with Crippen LogP contribution in [0, 0.1) is 0 Å². The molecular formula is C23H23N5O4S. The smallest absolute Gasteiger partial charge is 0.270 e. The summed E-state index contributed by atoms with van der Waals surface area (Å²) in [6.45, 7) is 0.376. The topological polar surface area (TPSA) is 126 Å². The lowest BCUT2D eigenvalue weighted by atomic mass is 10.1. The fourth-order valence-electron chi connectivity index (χ4n) is 3.61. The number of amides is 3. The molecule has 0 fully saturated rings. The minimum atomic E-state index is -0.667. The van der Waals surface area contributed by atoms with Crippen molar-refractivity contribution in [2.75, 3.05) is 12.9 Å². The lowest BCUT2D eigenvalue weighted by Crippen LogP contribution is -2.44. The Morgan fingerprint density at radius 3 is 2.64 bits per heavy atom. The zero-order valence-electron chi connectivity index (χ0n) is 18.0. The van der Waals surface area contributed by atoms with E-state index < -0.39 is 11.9 Å². The predicted octanol–water partition coefficient (Wildman–Crippen LogP) is 1.97. The van der Waals surface area contributed by atoms with Gasteiger partial charge >= 0.3 is 0 Å². The quantitative estimate of drug-likeness (QED) is 0.614. The summed E-state index contributed by atoms with van der Waals surface area (Å²) in [5.41, 5.74) is 7.66. The van der Waals surface area contributed by atoms with Gasteiger partial charge in [-0.2, -0.15) is 4.99 Å². The van der Waals surface area contributed by atoms with E-state index in [1.807, 2.05) is 48.5 Å². The van der Waals surface area contributed by atoms with Crippen molar-refractivity contribution in [2.24, 2.45) is 15.7 Å². The molecule has 4 rings (SSSR count). The molecule has 0 saturated heterocycles. The minimum absolute atomic E-state index is 0.0219. The maximum absolute atomic E-state index is 12.8. The lowest BCUT2D eigenvalue weighted by molar-refractivity contribution is -0.122. The second-order valence-corrected chi connectivity index (χ2v) is 8.43. The Labute approximate surface area is 195 Å². The van der Waals surface area contributed by atoms with Gasteiger partial charge in [-0.3, -0.25) is 19.3 Å². The third-order valence-corrected chi connectivity index (χ3v) is 6.22. The van der Waals surface area contributed by atoms with Gasteiger partial charge in [0.2, 0.25) is 11.8 Å². The molecule has 2 aliphatic heterocycles. The molecule has 9 nitrogen and oxygen atoms in total. The number of ether oxygens (including phenoxy) is 1. The largest absolute Gasteiger partial charge is 0.497 e. The van der Waals surface area contributed by atoms with E-state index in [2.05, 4.69) is 15.3 Å². The molecule has 0 saturated carbocycles. The van der Waals surface area contributed by atoms with Gasteiger partial charge in [-0.05, 0) is 36.2 Å². The van der Waals surface area contributed by atoms with Crippen molar-refractivity contribution < 1.29 is 19.1 Å². The Morgan fingerprint density at radius 1 is 1.15 bits per heavy atom. The monoisotopic (exact) mass is 465 g/mol. The van der Waals surface area contributed by atoms with E-state index in [0.29, 0.717) is 23.2 Å². The highest BCUT2D eigenvalue weighted by Gasteiger charge is 2.41. The lowest BCUT2D eigenvalue weighted by Gasteiger charge is -2.30. The van der Waals surface area contributed by atoms with Crippen LogP contribution >= 0.6 is 11.8 Å². The van der Waals surface area contributed by atoms with Gasteiger partial charge in [0.25, 0.3) is 5.91 Å². The van der Waals surface area contributed by atoms with Crippen molar-refractivity contribution in [1.82, 2.24) is 10.2 Å². The van der Waals surface area contributed by atoms with Crippen LogP contribution < -0.4 is 15.8 Å². The molecule has 10 heteroatoms. The van der Waals surface area contributed by atoms with E-state index in [-0.39, 0.29) is 30.4 Å². The van der Waals surface area contributed by atoms with E-state index in [1.54, 1.807) is 12.0 Å². The van der Waals surface area contributed by atoms with Crippen molar-refractivity contribution in [3.8, 4) is 5.75 Å². The van der Waals surface area contributed by atoms with Gasteiger partial charge in [-0.25, -0.2) is 4.99 Å². The zero-order chi connectivity index (χ0) is 23.4. The van der Waals surface area contributed by atoms with Gasteiger partial charge in [0, 0.05) is 18.5 Å². The van der Waals surface area contributed by atoms with Crippen LogP contribution in [-0.4, -0.2) is 52.5 Å². The van der Waals surface area contributed by atoms with Crippen molar-refractivity contribution >= 4 is 46.2 Å². The summed E-state index contributed by atoms with van der Waals surface area (Å²) in [5.74, 6) is 0.259. The third-order valence-electron chi connectivity index (χ3n) is 5.25. The number of thioether (sulfide) groups is 1. The molecule has 1 atom stereocenters. The van der Waals surface area contributed by atoms with Gasteiger partial charge in [0.15, 0.2) is 5.17 Å². The first-order chi connectivity index (χ1) is 16.0. The number of primary amides is 1. The first-order valence-corrected chi connectivity index (χ1v) is 11.4. The number of nitrogens with zero attached hydrogens (tertiary/aromatic N) is 3. The van der Waals surface area contributed by atoms with E-state index in [0.717, 1.165) is 28.6 Å². The number of carbonyl (C=O) groups excluding carboxylic acids is 3. The number of aliphatic imine (C=N–C) groups is 2. The van der Waals surface area contributed by atoms with Crippen LogP contribution in [0.15, 0.2) is 58.5 Å². The van der Waals surface area contributed by atoms with E-state index >= 15 is 0 Å². The maximum Gasteiger partial charge on any atom is 0.270 e. The number of methoxy groups -OCH3 is 1. The van der Waals surface area contributed by atoms with Crippen LogP contribution in [0.25, 0.3) is 0 Å². The fourth-order valence-corrected chi connectivity index (χ4v) is 4.40. The molecule has 0 aromatic heterocycles. The Balaban J connectivity index is 1.43. The number of hydrogen-bond acceptors (Lipinski definition) is 7. The van der Waals surface area contributed by atoms with Crippen molar-refractivity contribution in [3.05, 3.63) is 59.7 Å². The Morgan fingerprint density at radius 2 is 1.91 bits per heavy atom. The number of carbonyl (C=O) groups is 3. The molecule has 0 radical (unpaired) electrons. The number of benzene rings is 2. The molecular weight excluding hydrogens is 442 g/mol. The van der Waals surface area contributed by atoms with Gasteiger partial charge in [-0.15, -0.1) is 0 Å². The third kappa shape index (κ3) is 5.06. The summed E-state index contributed by atoms with van der Waals surface area (Å²) in [4.78, 5) is 47.1. The maximum atomic E-state index is 12.8. The van der Waals surface area contributed by atoms with Gasteiger partial charge in [-0.1, -0.05) is 36.0 Å². The minimum Gasteiger partial charge on any atom is -0.497 e. The van der Waals surface area contributed by atoms with Crippen LogP contribution in [-0.2, 0) is 20.9 Å². The second-order valence-electron chi connectivity index (χ2n) is 7.49. The summed E-state index contributed by atoms with van der Waals surface area (Å²) in [7, 11) is 1.60. The number of para-hydroxylation sites is 1. The number of fused-ring (bicyclic) bond motifs is 3. The Bertz CT molecular complexity index is 1150. The number of amidine groups is 2. The highest BCUT2D eigenvalue weighted by molar-refractivity contribution is 8.14. The number of nitrogens with one attached hydrogen (secondary N) is 1. The van der Waals surface area contributed by atoms with Crippen LogP contribution in [0.1, 0.15) is 24.0 Å². The Kier molecular flexibility index (Phi) is 6.74. The fraction of sp³-hybridized carbons (Fsp3) is 0.261. The standard InChI is InChI=1S/C23H23N5O4S/c1-32-15-8-6-14(7-9-15)12-25-20(30)11-10-18-22(31)27-21-16-4-2-3-5-17(16)26-23(28(18)21)33-13-19(24)29/h2-9,18H,10-13H2,1H3,(H2,24,29)(H,25,30). The summed E-state index contributed by atoms with van der Waals surface area (Å²) in [6.07, 6.45) is 0.403. The number of hydrogen-bond donors (Lipinski definition) is 2. The second kappa shape index (κ2) is 9.86. The molecule has 2 aromatic rings. The molecule has 0 spiro atoms. The number of rotatable bonds is 8. The summed E-state index contributed by atoms with van der Waals surface area (Å²) in [6, 6.07) is 14.1. The average molecular weight is 466 g/mol. The van der Waals surface area contributed by atoms with Crippen molar-refractivity contribution in [2.45, 2.75) is 25.4 Å². The van der Waals surface area contributed by atoms with E-state index in [4.69, 9.17) is 10.5 Å². The zero-order valence-corrected chi connectivity index (χ0v) is 18.8. The molecule has 1 unspecified atom stereocenters. The molecule has 0 bridgehead atoms. The van der Waals surface area contributed by atoms with Crippen LogP contribution in [0.2, 0.25) is 0 Å². The van der Waals surface area contributed by atoms with Crippen LogP contribution in [0.5, 0.6) is 5.75 Å². The SMILES string of the molecule is COc1ccc(CNC(=O)CCC2C(=O)N=C3c4ccccc4N=C(SCC(N)=O)N32)cc1. The highest BCUT2D eigenvalue weighted by Crippen LogP contribution is 2.35. The molecule has 33 heavy (non-hydrogen) atoms. The van der Waals surface area contributed by atoms with Crippen molar-refractivity contribution in [3.63, 3.8) is 0 Å². The summed E-state index contributed by atoms with van der Waals surface area (Å²) < 4.78 is 5.13. The molecule has 2 aromatic carbocycles. The molecule has 3 amide bonds.